The predicted molar refractivity (Wildman–Crippen MR) is 77.3 cm³/mol. The van der Waals surface area contributed by atoms with E-state index in [0.717, 1.165) is 0 Å². The molecule has 0 spiro atoms. The average molecular weight is 296 g/mol. The van der Waals surface area contributed by atoms with E-state index in [2.05, 4.69) is 5.32 Å². The standard InChI is InChI=1S/C14H20N2O5/c1-10-6-11(8-12(7-10)16(19)20)13(17)15-9-14(2,18)4-5-21-3/h6-8,18H,4-5,9H2,1-3H3,(H,15,17). The van der Waals surface area contributed by atoms with E-state index in [9.17, 15) is 20.0 Å². The monoisotopic (exact) mass is 296 g/mol. The normalized spacial score (nSPS) is 13.5. The lowest BCUT2D eigenvalue weighted by Gasteiger charge is -2.23. The number of nitro benzene ring substituents is 1. The summed E-state index contributed by atoms with van der Waals surface area (Å²) in [5.74, 6) is -0.459. The van der Waals surface area contributed by atoms with Crippen LogP contribution >= 0.6 is 0 Å². The van der Waals surface area contributed by atoms with E-state index >= 15 is 0 Å². The van der Waals surface area contributed by atoms with Crippen LogP contribution in [-0.2, 0) is 4.74 Å². The van der Waals surface area contributed by atoms with E-state index in [1.807, 2.05) is 0 Å². The van der Waals surface area contributed by atoms with Crippen molar-refractivity contribution in [2.45, 2.75) is 25.9 Å². The molecule has 0 aliphatic rings. The summed E-state index contributed by atoms with van der Waals surface area (Å²) in [6.45, 7) is 3.68. The highest BCUT2D eigenvalue weighted by Crippen LogP contribution is 2.17. The number of rotatable bonds is 7. The zero-order valence-electron chi connectivity index (χ0n) is 12.4. The van der Waals surface area contributed by atoms with Gasteiger partial charge in [0.05, 0.1) is 10.5 Å². The molecule has 1 aromatic rings. The van der Waals surface area contributed by atoms with Crippen LogP contribution in [0.25, 0.3) is 0 Å². The van der Waals surface area contributed by atoms with Gasteiger partial charge in [-0.3, -0.25) is 14.9 Å². The number of aliphatic hydroxyl groups is 1. The predicted octanol–water partition coefficient (Wildman–Crippen LogP) is 1.42. The van der Waals surface area contributed by atoms with E-state index in [1.54, 1.807) is 19.9 Å². The molecule has 1 unspecified atom stereocenters. The summed E-state index contributed by atoms with van der Waals surface area (Å²) < 4.78 is 4.88. The molecule has 0 aliphatic heterocycles. The Bertz CT molecular complexity index is 528. The van der Waals surface area contributed by atoms with Crippen molar-refractivity contribution in [2.24, 2.45) is 0 Å². The Balaban J connectivity index is 2.74. The highest BCUT2D eigenvalue weighted by molar-refractivity contribution is 5.95. The molecule has 7 heteroatoms. The molecule has 0 fully saturated rings. The van der Waals surface area contributed by atoms with Gasteiger partial charge in [-0.25, -0.2) is 0 Å². The summed E-state index contributed by atoms with van der Waals surface area (Å²) in [5.41, 5.74) is -0.405. The first-order chi connectivity index (χ1) is 9.75. The molecule has 1 amide bonds. The fourth-order valence-corrected chi connectivity index (χ4v) is 1.78. The molecule has 21 heavy (non-hydrogen) atoms. The quantitative estimate of drug-likeness (QED) is 0.585. The lowest BCUT2D eigenvalue weighted by Crippen LogP contribution is -2.41. The minimum atomic E-state index is -1.10. The second kappa shape index (κ2) is 7.14. The van der Waals surface area contributed by atoms with Gasteiger partial charge >= 0.3 is 0 Å². The van der Waals surface area contributed by atoms with Crippen LogP contribution in [0.5, 0.6) is 0 Å². The van der Waals surface area contributed by atoms with Crippen molar-refractivity contribution >= 4 is 11.6 Å². The smallest absolute Gasteiger partial charge is 0.270 e. The van der Waals surface area contributed by atoms with Crippen LogP contribution in [0.4, 0.5) is 5.69 Å². The Morgan fingerprint density at radius 2 is 2.14 bits per heavy atom. The first-order valence-electron chi connectivity index (χ1n) is 6.51. The highest BCUT2D eigenvalue weighted by atomic mass is 16.6. The molecule has 1 aromatic carbocycles. The number of carbonyl (C=O) groups excluding carboxylic acids is 1. The third kappa shape index (κ3) is 5.49. The lowest BCUT2D eigenvalue weighted by molar-refractivity contribution is -0.384. The van der Waals surface area contributed by atoms with Crippen LogP contribution in [0.3, 0.4) is 0 Å². The van der Waals surface area contributed by atoms with E-state index < -0.39 is 16.4 Å². The summed E-state index contributed by atoms with van der Waals surface area (Å²) in [5, 5.41) is 23.4. The van der Waals surface area contributed by atoms with Gasteiger partial charge in [0.1, 0.15) is 0 Å². The number of ether oxygens (including phenoxy) is 1. The van der Waals surface area contributed by atoms with Gasteiger partial charge in [-0.1, -0.05) is 0 Å². The van der Waals surface area contributed by atoms with Crippen LogP contribution in [0, 0.1) is 17.0 Å². The Morgan fingerprint density at radius 3 is 2.71 bits per heavy atom. The fraction of sp³-hybridized carbons (Fsp3) is 0.500. The molecule has 1 atom stereocenters. The largest absolute Gasteiger partial charge is 0.388 e. The highest BCUT2D eigenvalue weighted by Gasteiger charge is 2.22. The second-order valence-corrected chi connectivity index (χ2v) is 5.24. The molecule has 2 N–H and O–H groups in total. The van der Waals surface area contributed by atoms with Crippen molar-refractivity contribution in [1.82, 2.24) is 5.32 Å². The molecule has 0 bridgehead atoms. The summed E-state index contributed by atoms with van der Waals surface area (Å²) in [6, 6.07) is 4.17. The van der Waals surface area contributed by atoms with Crippen molar-refractivity contribution in [3.05, 3.63) is 39.4 Å². The summed E-state index contributed by atoms with van der Waals surface area (Å²) in [6.07, 6.45) is 0.373. The summed E-state index contributed by atoms with van der Waals surface area (Å²) in [7, 11) is 1.53. The van der Waals surface area contributed by atoms with Crippen molar-refractivity contribution < 1.29 is 19.6 Å². The molecule has 1 rings (SSSR count). The number of amides is 1. The van der Waals surface area contributed by atoms with Crippen molar-refractivity contribution in [3.8, 4) is 0 Å². The lowest BCUT2D eigenvalue weighted by atomic mass is 10.0. The third-order valence-corrected chi connectivity index (χ3v) is 3.01. The number of non-ortho nitro benzene ring substituents is 1. The maximum atomic E-state index is 12.0. The summed E-state index contributed by atoms with van der Waals surface area (Å²) >= 11 is 0. The minimum absolute atomic E-state index is 0.0386. The number of nitrogens with one attached hydrogen (secondary N) is 1. The third-order valence-electron chi connectivity index (χ3n) is 3.01. The van der Waals surface area contributed by atoms with E-state index in [-0.39, 0.29) is 17.8 Å². The van der Waals surface area contributed by atoms with Gasteiger partial charge in [-0.15, -0.1) is 0 Å². The molecular weight excluding hydrogens is 276 g/mol. The van der Waals surface area contributed by atoms with E-state index in [4.69, 9.17) is 4.74 Å². The SMILES string of the molecule is COCCC(C)(O)CNC(=O)c1cc(C)cc([N+](=O)[O-])c1. The van der Waals surface area contributed by atoms with Crippen LogP contribution < -0.4 is 5.32 Å². The minimum Gasteiger partial charge on any atom is -0.388 e. The molecular formula is C14H20N2O5. The van der Waals surface area contributed by atoms with Gasteiger partial charge in [-0.2, -0.15) is 0 Å². The van der Waals surface area contributed by atoms with Crippen LogP contribution in [0.2, 0.25) is 0 Å². The molecule has 116 valence electrons. The van der Waals surface area contributed by atoms with Gasteiger partial charge in [0.25, 0.3) is 11.6 Å². The van der Waals surface area contributed by atoms with Gasteiger partial charge in [0.2, 0.25) is 0 Å². The second-order valence-electron chi connectivity index (χ2n) is 5.24. The Hall–Kier alpha value is -1.99. The number of nitrogens with zero attached hydrogens (tertiary/aromatic N) is 1. The Kier molecular flexibility index (Phi) is 5.80. The van der Waals surface area contributed by atoms with Gasteiger partial charge in [0.15, 0.2) is 0 Å². The number of nitro groups is 1. The number of benzene rings is 1. The topological polar surface area (TPSA) is 102 Å². The maximum Gasteiger partial charge on any atom is 0.270 e. The number of hydrogen-bond donors (Lipinski definition) is 2. The zero-order valence-corrected chi connectivity index (χ0v) is 12.4. The number of carbonyl (C=O) groups is 1. The first kappa shape index (κ1) is 17.1. The molecule has 0 aliphatic carbocycles. The first-order valence-corrected chi connectivity index (χ1v) is 6.51. The molecule has 0 aromatic heterocycles. The van der Waals surface area contributed by atoms with E-state index in [1.165, 1.54) is 19.2 Å². The van der Waals surface area contributed by atoms with Gasteiger partial charge in [-0.05, 0) is 25.5 Å². The van der Waals surface area contributed by atoms with Crippen LogP contribution in [-0.4, -0.2) is 41.8 Å². The number of methoxy groups -OCH3 is 1. The maximum absolute atomic E-state index is 12.0. The number of hydrogen-bond acceptors (Lipinski definition) is 5. The van der Waals surface area contributed by atoms with Gasteiger partial charge in [0, 0.05) is 44.4 Å². The zero-order chi connectivity index (χ0) is 16.0. The average Bonchev–Trinajstić information content (AvgIpc) is 2.42. The number of aryl methyl sites for hydroxylation is 1. The Labute approximate surface area is 123 Å². The molecule has 0 saturated carbocycles. The fourth-order valence-electron chi connectivity index (χ4n) is 1.78. The van der Waals surface area contributed by atoms with Crippen LogP contribution in [0.15, 0.2) is 18.2 Å². The summed E-state index contributed by atoms with van der Waals surface area (Å²) in [4.78, 5) is 22.3. The molecule has 0 radical (unpaired) electrons. The molecule has 7 nitrogen and oxygen atoms in total. The Morgan fingerprint density at radius 1 is 1.48 bits per heavy atom. The van der Waals surface area contributed by atoms with Crippen LogP contribution in [0.1, 0.15) is 29.3 Å². The molecule has 0 heterocycles. The van der Waals surface area contributed by atoms with Crippen molar-refractivity contribution in [1.29, 1.82) is 0 Å². The van der Waals surface area contributed by atoms with Crippen molar-refractivity contribution in [2.75, 3.05) is 20.3 Å². The van der Waals surface area contributed by atoms with E-state index in [0.29, 0.717) is 18.6 Å². The van der Waals surface area contributed by atoms with Gasteiger partial charge < -0.3 is 15.2 Å². The molecule has 0 saturated heterocycles. The van der Waals surface area contributed by atoms with Crippen molar-refractivity contribution in [3.63, 3.8) is 0 Å².